The van der Waals surface area contributed by atoms with Crippen molar-refractivity contribution in [2.45, 2.75) is 25.3 Å². The summed E-state index contributed by atoms with van der Waals surface area (Å²) < 4.78 is 0. The summed E-state index contributed by atoms with van der Waals surface area (Å²) in [6.07, 6.45) is 1.80. The fourth-order valence-electron chi connectivity index (χ4n) is 2.20. The highest BCUT2D eigenvalue weighted by Gasteiger charge is 2.23. The number of nitrogens with one attached hydrogen (secondary N) is 2. The van der Waals surface area contributed by atoms with E-state index in [-0.39, 0.29) is 25.0 Å². The maximum absolute atomic E-state index is 11.6. The van der Waals surface area contributed by atoms with Crippen LogP contribution in [0.4, 0.5) is 4.79 Å². The lowest BCUT2D eigenvalue weighted by Crippen LogP contribution is -2.38. The number of hydrogen-bond donors (Lipinski definition) is 3. The van der Waals surface area contributed by atoms with Crippen molar-refractivity contribution in [2.75, 3.05) is 6.54 Å². The summed E-state index contributed by atoms with van der Waals surface area (Å²) in [6.45, 7) is 0.148. The van der Waals surface area contributed by atoms with E-state index in [0.717, 1.165) is 18.4 Å². The molecule has 2 rings (SSSR count). The van der Waals surface area contributed by atoms with Gasteiger partial charge in [0.25, 0.3) is 0 Å². The molecule has 18 heavy (non-hydrogen) atoms. The van der Waals surface area contributed by atoms with Crippen molar-refractivity contribution in [2.24, 2.45) is 0 Å². The average Bonchev–Trinajstić information content (AvgIpc) is 2.72. The number of fused-ring (bicyclic) bond motifs is 1. The molecule has 96 valence electrons. The zero-order chi connectivity index (χ0) is 13.0. The highest BCUT2D eigenvalue weighted by atomic mass is 16.4. The number of amides is 2. The largest absolute Gasteiger partial charge is 0.481 e. The van der Waals surface area contributed by atoms with Crippen molar-refractivity contribution in [3.05, 3.63) is 35.4 Å². The number of carbonyl (C=O) groups excluding carboxylic acids is 1. The molecule has 5 heteroatoms. The molecule has 0 saturated carbocycles. The molecule has 1 aromatic carbocycles. The number of aliphatic carboxylic acids is 1. The van der Waals surface area contributed by atoms with Gasteiger partial charge in [-0.15, -0.1) is 0 Å². The molecular formula is C13H16N2O3. The third kappa shape index (κ3) is 3.00. The Morgan fingerprint density at radius 3 is 2.89 bits per heavy atom. The highest BCUT2D eigenvalue weighted by Crippen LogP contribution is 2.30. The van der Waals surface area contributed by atoms with Gasteiger partial charge in [-0.1, -0.05) is 24.3 Å². The minimum absolute atomic E-state index is 0.0334. The van der Waals surface area contributed by atoms with Crippen LogP contribution in [0.25, 0.3) is 0 Å². The van der Waals surface area contributed by atoms with Crippen molar-refractivity contribution < 1.29 is 14.7 Å². The first-order valence-corrected chi connectivity index (χ1v) is 6.01. The number of benzene rings is 1. The molecule has 1 aliphatic rings. The van der Waals surface area contributed by atoms with Gasteiger partial charge in [-0.25, -0.2) is 4.79 Å². The minimum atomic E-state index is -0.915. The van der Waals surface area contributed by atoms with E-state index in [1.54, 1.807) is 0 Å². The normalized spacial score (nSPS) is 17.0. The summed E-state index contributed by atoms with van der Waals surface area (Å²) in [6, 6.07) is 7.77. The van der Waals surface area contributed by atoms with Crippen LogP contribution in [0, 0.1) is 0 Å². The lowest BCUT2D eigenvalue weighted by atomic mass is 10.1. The maximum atomic E-state index is 11.6. The Hall–Kier alpha value is -2.04. The van der Waals surface area contributed by atoms with Crippen molar-refractivity contribution in [1.82, 2.24) is 10.6 Å². The van der Waals surface area contributed by atoms with Crippen molar-refractivity contribution in [1.29, 1.82) is 0 Å². The first-order valence-electron chi connectivity index (χ1n) is 6.01. The number of carbonyl (C=O) groups is 2. The lowest BCUT2D eigenvalue weighted by Gasteiger charge is -2.14. The third-order valence-electron chi connectivity index (χ3n) is 3.06. The van der Waals surface area contributed by atoms with Gasteiger partial charge in [0, 0.05) is 6.54 Å². The third-order valence-corrected chi connectivity index (χ3v) is 3.06. The van der Waals surface area contributed by atoms with E-state index in [1.165, 1.54) is 5.56 Å². The Labute approximate surface area is 105 Å². The number of carboxylic acids is 1. The second-order valence-electron chi connectivity index (χ2n) is 4.33. The summed E-state index contributed by atoms with van der Waals surface area (Å²) in [4.78, 5) is 21.9. The molecule has 0 radical (unpaired) electrons. The van der Waals surface area contributed by atoms with Gasteiger partial charge in [0.05, 0.1) is 12.5 Å². The fourth-order valence-corrected chi connectivity index (χ4v) is 2.20. The van der Waals surface area contributed by atoms with Gasteiger partial charge >= 0.3 is 12.0 Å². The van der Waals surface area contributed by atoms with E-state index in [1.807, 2.05) is 18.2 Å². The first kappa shape index (κ1) is 12.4. The minimum Gasteiger partial charge on any atom is -0.481 e. The maximum Gasteiger partial charge on any atom is 0.315 e. The van der Waals surface area contributed by atoms with Crippen LogP contribution in [0.15, 0.2) is 24.3 Å². The van der Waals surface area contributed by atoms with E-state index in [4.69, 9.17) is 5.11 Å². The SMILES string of the molecule is O=C(O)CCNC(=O)N[C@@H]1CCc2ccccc21. The van der Waals surface area contributed by atoms with Gasteiger partial charge in [-0.05, 0) is 24.0 Å². The Balaban J connectivity index is 1.84. The number of hydrogen-bond acceptors (Lipinski definition) is 2. The summed E-state index contributed by atoms with van der Waals surface area (Å²) in [5, 5.41) is 13.9. The predicted molar refractivity (Wildman–Crippen MR) is 66.3 cm³/mol. The van der Waals surface area contributed by atoms with Crippen LogP contribution >= 0.6 is 0 Å². The van der Waals surface area contributed by atoms with Crippen LogP contribution in [0.2, 0.25) is 0 Å². The monoisotopic (exact) mass is 248 g/mol. The zero-order valence-corrected chi connectivity index (χ0v) is 9.98. The molecule has 3 N–H and O–H groups in total. The smallest absolute Gasteiger partial charge is 0.315 e. The Morgan fingerprint density at radius 2 is 2.11 bits per heavy atom. The average molecular weight is 248 g/mol. The molecule has 5 nitrogen and oxygen atoms in total. The molecule has 0 aromatic heterocycles. The summed E-state index contributed by atoms with van der Waals surface area (Å²) in [7, 11) is 0. The number of aryl methyl sites for hydroxylation is 1. The molecule has 0 unspecified atom stereocenters. The van der Waals surface area contributed by atoms with Gasteiger partial charge in [-0.3, -0.25) is 4.79 Å². The molecule has 2 amide bonds. The van der Waals surface area contributed by atoms with E-state index in [2.05, 4.69) is 16.7 Å². The summed E-state index contributed by atoms with van der Waals surface area (Å²) >= 11 is 0. The van der Waals surface area contributed by atoms with E-state index >= 15 is 0 Å². The van der Waals surface area contributed by atoms with Crippen molar-refractivity contribution in [3.8, 4) is 0 Å². The van der Waals surface area contributed by atoms with Gasteiger partial charge < -0.3 is 15.7 Å². The Kier molecular flexibility index (Phi) is 3.82. The molecule has 0 heterocycles. The number of rotatable bonds is 4. The lowest BCUT2D eigenvalue weighted by molar-refractivity contribution is -0.136. The quantitative estimate of drug-likeness (QED) is 0.754. The standard InChI is InChI=1S/C13H16N2O3/c16-12(17)7-8-14-13(18)15-11-6-5-9-3-1-2-4-10(9)11/h1-4,11H,5-8H2,(H,16,17)(H2,14,15,18)/t11-/m1/s1. The van der Waals surface area contributed by atoms with E-state index in [9.17, 15) is 9.59 Å². The van der Waals surface area contributed by atoms with Crippen LogP contribution in [-0.4, -0.2) is 23.7 Å². The molecule has 1 aromatic rings. The van der Waals surface area contributed by atoms with Gasteiger partial charge in [-0.2, -0.15) is 0 Å². The fraction of sp³-hybridized carbons (Fsp3) is 0.385. The van der Waals surface area contributed by atoms with Gasteiger partial charge in [0.15, 0.2) is 0 Å². The van der Waals surface area contributed by atoms with Crippen molar-refractivity contribution in [3.63, 3.8) is 0 Å². The van der Waals surface area contributed by atoms with Crippen molar-refractivity contribution >= 4 is 12.0 Å². The van der Waals surface area contributed by atoms with Crippen LogP contribution in [0.3, 0.4) is 0 Å². The van der Waals surface area contributed by atoms with Crippen LogP contribution in [0.5, 0.6) is 0 Å². The Bertz CT molecular complexity index is 459. The Morgan fingerprint density at radius 1 is 1.33 bits per heavy atom. The molecular weight excluding hydrogens is 232 g/mol. The second kappa shape index (κ2) is 5.53. The zero-order valence-electron chi connectivity index (χ0n) is 9.98. The van der Waals surface area contributed by atoms with Gasteiger partial charge in [0.2, 0.25) is 0 Å². The highest BCUT2D eigenvalue weighted by molar-refractivity contribution is 5.75. The van der Waals surface area contributed by atoms with Crippen LogP contribution in [-0.2, 0) is 11.2 Å². The molecule has 1 atom stereocenters. The molecule has 0 aliphatic heterocycles. The van der Waals surface area contributed by atoms with E-state index in [0.29, 0.717) is 0 Å². The topological polar surface area (TPSA) is 78.4 Å². The van der Waals surface area contributed by atoms with E-state index < -0.39 is 5.97 Å². The van der Waals surface area contributed by atoms with Gasteiger partial charge in [0.1, 0.15) is 0 Å². The number of carboxylic acid groups (broad SMARTS) is 1. The molecule has 0 spiro atoms. The molecule has 0 bridgehead atoms. The predicted octanol–water partition coefficient (Wildman–Crippen LogP) is 1.45. The molecule has 0 saturated heterocycles. The van der Waals surface area contributed by atoms with Crippen LogP contribution < -0.4 is 10.6 Å². The molecule has 0 fully saturated rings. The first-order chi connectivity index (χ1) is 8.66. The number of urea groups is 1. The van der Waals surface area contributed by atoms with Crippen LogP contribution in [0.1, 0.15) is 30.0 Å². The molecule has 1 aliphatic carbocycles. The second-order valence-corrected chi connectivity index (χ2v) is 4.33. The summed E-state index contributed by atoms with van der Waals surface area (Å²) in [5.41, 5.74) is 2.43. The summed E-state index contributed by atoms with van der Waals surface area (Å²) in [5.74, 6) is -0.915.